The third kappa shape index (κ3) is 3.61. The third-order valence-corrected chi connectivity index (χ3v) is 4.75. The molecule has 23 heavy (non-hydrogen) atoms. The number of ether oxygens (including phenoxy) is 2. The van der Waals surface area contributed by atoms with Crippen molar-refractivity contribution in [1.82, 2.24) is 10.6 Å². The summed E-state index contributed by atoms with van der Waals surface area (Å²) in [5.74, 6) is 1.97. The lowest BCUT2D eigenvalue weighted by atomic mass is 9.92. The van der Waals surface area contributed by atoms with Crippen molar-refractivity contribution in [2.24, 2.45) is 5.92 Å². The summed E-state index contributed by atoms with van der Waals surface area (Å²) in [4.78, 5) is 12.4. The van der Waals surface area contributed by atoms with Crippen molar-refractivity contribution in [3.05, 3.63) is 23.3 Å². The van der Waals surface area contributed by atoms with Crippen molar-refractivity contribution in [2.45, 2.75) is 51.8 Å². The molecule has 5 heteroatoms. The molecule has 1 fully saturated rings. The summed E-state index contributed by atoms with van der Waals surface area (Å²) in [6.07, 6.45) is 2.91. The minimum atomic E-state index is 0.0999. The number of carbonyl (C=O) groups excluding carboxylic acids is 1. The molecule has 1 amide bonds. The van der Waals surface area contributed by atoms with Gasteiger partial charge in [0.25, 0.3) is 0 Å². The fourth-order valence-corrected chi connectivity index (χ4v) is 3.51. The third-order valence-electron chi connectivity index (χ3n) is 4.75. The number of rotatable bonds is 4. The van der Waals surface area contributed by atoms with Crippen LogP contribution in [0.3, 0.4) is 0 Å². The number of amides is 1. The number of hydrogen-bond acceptors (Lipinski definition) is 4. The quantitative estimate of drug-likeness (QED) is 0.892. The van der Waals surface area contributed by atoms with E-state index in [1.54, 1.807) is 7.11 Å². The van der Waals surface area contributed by atoms with Crippen molar-refractivity contribution in [2.75, 3.05) is 13.7 Å². The van der Waals surface area contributed by atoms with Crippen LogP contribution in [-0.2, 0) is 17.8 Å². The number of hydrogen-bond donors (Lipinski definition) is 2. The first-order valence-electron chi connectivity index (χ1n) is 8.44. The van der Waals surface area contributed by atoms with E-state index < -0.39 is 0 Å². The van der Waals surface area contributed by atoms with Gasteiger partial charge in [0.2, 0.25) is 5.91 Å². The summed E-state index contributed by atoms with van der Waals surface area (Å²) in [6.45, 7) is 5.58. The molecule has 3 atom stereocenters. The molecule has 2 N–H and O–H groups in total. The van der Waals surface area contributed by atoms with Crippen LogP contribution in [0.15, 0.2) is 12.1 Å². The molecule has 1 aromatic carbocycles. The first-order valence-corrected chi connectivity index (χ1v) is 8.44. The Morgan fingerprint density at radius 2 is 2.26 bits per heavy atom. The molecule has 1 aromatic rings. The highest BCUT2D eigenvalue weighted by atomic mass is 16.5. The Kier molecular flexibility index (Phi) is 4.76. The molecule has 2 aliphatic heterocycles. The number of fused-ring (bicyclic) bond motifs is 1. The number of nitrogens with one attached hydrogen (secondary N) is 2. The molecule has 3 rings (SSSR count). The minimum absolute atomic E-state index is 0.0999. The number of methoxy groups -OCH3 is 1. The van der Waals surface area contributed by atoms with Crippen molar-refractivity contribution >= 4 is 5.91 Å². The lowest BCUT2D eigenvalue weighted by Gasteiger charge is -2.27. The maximum Gasteiger partial charge on any atom is 0.223 e. The van der Waals surface area contributed by atoms with E-state index in [0.29, 0.717) is 12.6 Å². The maximum atomic E-state index is 12.4. The summed E-state index contributed by atoms with van der Waals surface area (Å²) in [6, 6.07) is 4.44. The van der Waals surface area contributed by atoms with Gasteiger partial charge in [0.1, 0.15) is 17.6 Å². The summed E-state index contributed by atoms with van der Waals surface area (Å²) in [5.41, 5.74) is 2.15. The van der Waals surface area contributed by atoms with Gasteiger partial charge in [0, 0.05) is 36.1 Å². The van der Waals surface area contributed by atoms with Crippen LogP contribution in [0.4, 0.5) is 0 Å². The molecule has 2 heterocycles. The van der Waals surface area contributed by atoms with Gasteiger partial charge >= 0.3 is 0 Å². The molecule has 0 spiro atoms. The Balaban J connectivity index is 1.66. The Morgan fingerprint density at radius 1 is 1.43 bits per heavy atom. The molecule has 1 unspecified atom stereocenters. The average molecular weight is 318 g/mol. The highest BCUT2D eigenvalue weighted by Gasteiger charge is 2.25. The molecular formula is C18H26N2O3. The molecule has 0 aliphatic carbocycles. The van der Waals surface area contributed by atoms with Gasteiger partial charge in [-0.25, -0.2) is 0 Å². The molecule has 0 bridgehead atoms. The van der Waals surface area contributed by atoms with Gasteiger partial charge in [0.15, 0.2) is 0 Å². The van der Waals surface area contributed by atoms with Gasteiger partial charge in [-0.2, -0.15) is 0 Å². The Bertz CT molecular complexity index is 588. The van der Waals surface area contributed by atoms with Crippen molar-refractivity contribution in [3.63, 3.8) is 0 Å². The molecule has 126 valence electrons. The maximum absolute atomic E-state index is 12.4. The van der Waals surface area contributed by atoms with Crippen LogP contribution in [0.25, 0.3) is 0 Å². The average Bonchev–Trinajstić information content (AvgIpc) is 2.90. The molecule has 0 aromatic heterocycles. The fourth-order valence-electron chi connectivity index (χ4n) is 3.51. The zero-order chi connectivity index (χ0) is 16.4. The lowest BCUT2D eigenvalue weighted by molar-refractivity contribution is -0.126. The van der Waals surface area contributed by atoms with E-state index >= 15 is 0 Å². The first-order chi connectivity index (χ1) is 11.1. The van der Waals surface area contributed by atoms with Crippen LogP contribution in [0.5, 0.6) is 11.5 Å². The summed E-state index contributed by atoms with van der Waals surface area (Å²) < 4.78 is 11.3. The molecule has 1 saturated heterocycles. The van der Waals surface area contributed by atoms with E-state index in [-0.39, 0.29) is 17.9 Å². The largest absolute Gasteiger partial charge is 0.496 e. The SMILES string of the molecule is COc1cc2c(cc1CNC(=O)[C@H]1CCN[C@@H](C)C1)OC(C)C2. The monoisotopic (exact) mass is 318 g/mol. The van der Waals surface area contributed by atoms with E-state index in [1.807, 2.05) is 12.1 Å². The molecule has 0 radical (unpaired) electrons. The second-order valence-electron chi connectivity index (χ2n) is 6.70. The Hall–Kier alpha value is -1.75. The van der Waals surface area contributed by atoms with Crippen molar-refractivity contribution in [1.29, 1.82) is 0 Å². The predicted molar refractivity (Wildman–Crippen MR) is 88.8 cm³/mol. The molecular weight excluding hydrogens is 292 g/mol. The highest BCUT2D eigenvalue weighted by Crippen LogP contribution is 2.35. The Labute approximate surface area is 137 Å². The highest BCUT2D eigenvalue weighted by molar-refractivity contribution is 5.78. The van der Waals surface area contributed by atoms with E-state index in [4.69, 9.17) is 9.47 Å². The van der Waals surface area contributed by atoms with Crippen LogP contribution in [0, 0.1) is 5.92 Å². The molecule has 5 nitrogen and oxygen atoms in total. The zero-order valence-electron chi connectivity index (χ0n) is 14.1. The zero-order valence-corrected chi connectivity index (χ0v) is 14.1. The topological polar surface area (TPSA) is 59.6 Å². The molecule has 0 saturated carbocycles. The second-order valence-corrected chi connectivity index (χ2v) is 6.70. The predicted octanol–water partition coefficient (Wildman–Crippen LogP) is 2.02. The van der Waals surface area contributed by atoms with Gasteiger partial charge in [-0.05, 0) is 45.4 Å². The Morgan fingerprint density at radius 3 is 3.00 bits per heavy atom. The number of benzene rings is 1. The normalized spacial score (nSPS) is 26.3. The van der Waals surface area contributed by atoms with Crippen LogP contribution in [0.2, 0.25) is 0 Å². The van der Waals surface area contributed by atoms with Crippen LogP contribution in [0.1, 0.15) is 37.8 Å². The van der Waals surface area contributed by atoms with Crippen molar-refractivity contribution in [3.8, 4) is 11.5 Å². The van der Waals surface area contributed by atoms with Crippen LogP contribution < -0.4 is 20.1 Å². The molecule has 2 aliphatic rings. The fraction of sp³-hybridized carbons (Fsp3) is 0.611. The van der Waals surface area contributed by atoms with E-state index in [0.717, 1.165) is 42.9 Å². The van der Waals surface area contributed by atoms with E-state index in [2.05, 4.69) is 24.5 Å². The van der Waals surface area contributed by atoms with Crippen LogP contribution in [-0.4, -0.2) is 31.7 Å². The minimum Gasteiger partial charge on any atom is -0.496 e. The van der Waals surface area contributed by atoms with Gasteiger partial charge in [-0.1, -0.05) is 0 Å². The van der Waals surface area contributed by atoms with Gasteiger partial charge < -0.3 is 20.1 Å². The lowest BCUT2D eigenvalue weighted by Crippen LogP contribution is -2.42. The van der Waals surface area contributed by atoms with E-state index in [9.17, 15) is 4.79 Å². The second kappa shape index (κ2) is 6.79. The van der Waals surface area contributed by atoms with Crippen molar-refractivity contribution < 1.29 is 14.3 Å². The van der Waals surface area contributed by atoms with Gasteiger partial charge in [-0.15, -0.1) is 0 Å². The van der Waals surface area contributed by atoms with E-state index in [1.165, 1.54) is 5.56 Å². The summed E-state index contributed by atoms with van der Waals surface area (Å²) in [7, 11) is 1.67. The summed E-state index contributed by atoms with van der Waals surface area (Å²) in [5, 5.41) is 6.44. The van der Waals surface area contributed by atoms with Gasteiger partial charge in [0.05, 0.1) is 7.11 Å². The number of piperidine rings is 1. The summed E-state index contributed by atoms with van der Waals surface area (Å²) >= 11 is 0. The smallest absolute Gasteiger partial charge is 0.223 e. The van der Waals surface area contributed by atoms with Crippen LogP contribution >= 0.6 is 0 Å². The standard InChI is InChI=1S/C18H26N2O3/c1-11-6-13(4-5-19-11)18(21)20-10-15-9-17-14(7-12(2)23-17)8-16(15)22-3/h8-9,11-13,19H,4-7,10H2,1-3H3,(H,20,21)/t11-,12?,13-/m0/s1. The van der Waals surface area contributed by atoms with Gasteiger partial charge in [-0.3, -0.25) is 4.79 Å². The number of carbonyl (C=O) groups is 1. The first kappa shape index (κ1) is 16.1.